The fourth-order valence-corrected chi connectivity index (χ4v) is 2.36. The highest BCUT2D eigenvalue weighted by Crippen LogP contribution is 2.27. The fourth-order valence-electron chi connectivity index (χ4n) is 0.795. The van der Waals surface area contributed by atoms with E-state index in [4.69, 9.17) is 0 Å². The lowest BCUT2D eigenvalue weighted by Crippen LogP contribution is -1.69. The first-order chi connectivity index (χ1) is 5.95. The summed E-state index contributed by atoms with van der Waals surface area (Å²) in [6.45, 7) is 0. The molecule has 1 aromatic heterocycles. The van der Waals surface area contributed by atoms with Crippen LogP contribution in [0.2, 0.25) is 0 Å². The molecule has 0 amide bonds. The highest BCUT2D eigenvalue weighted by Gasteiger charge is 1.97. The molecule has 0 aliphatic heterocycles. The second-order valence-electron chi connectivity index (χ2n) is 2.13. The molecule has 0 unspecified atom stereocenters. The van der Waals surface area contributed by atoms with Crippen LogP contribution in [0.3, 0.4) is 0 Å². The highest BCUT2D eigenvalue weighted by atomic mass is 32.2. The van der Waals surface area contributed by atoms with Gasteiger partial charge >= 0.3 is 0 Å². The first-order valence-electron chi connectivity index (χ1n) is 3.49. The summed E-state index contributed by atoms with van der Waals surface area (Å²) >= 11 is 3.30. The second-order valence-corrected chi connectivity index (χ2v) is 4.31. The third kappa shape index (κ3) is 1.87. The van der Waals surface area contributed by atoms with Gasteiger partial charge in [-0.05, 0) is 12.1 Å². The Bertz CT molecular complexity index is 329. The van der Waals surface area contributed by atoms with Crippen LogP contribution in [0.5, 0.6) is 0 Å². The van der Waals surface area contributed by atoms with Crippen LogP contribution < -0.4 is 0 Å². The maximum absolute atomic E-state index is 4.17. The van der Waals surface area contributed by atoms with Gasteiger partial charge in [-0.2, -0.15) is 0 Å². The molecule has 12 heavy (non-hydrogen) atoms. The van der Waals surface area contributed by atoms with E-state index in [9.17, 15) is 0 Å². The summed E-state index contributed by atoms with van der Waals surface area (Å²) in [7, 11) is 0. The number of rotatable bonds is 2. The number of thiazole rings is 1. The van der Waals surface area contributed by atoms with E-state index in [1.54, 1.807) is 23.1 Å². The van der Waals surface area contributed by atoms with Crippen LogP contribution in [0.15, 0.2) is 45.1 Å². The van der Waals surface area contributed by atoms with Gasteiger partial charge in [-0.1, -0.05) is 30.0 Å². The average molecular weight is 192 g/mol. The summed E-state index contributed by atoms with van der Waals surface area (Å²) in [6, 6.07) is 11.1. The van der Waals surface area contributed by atoms with Gasteiger partial charge < -0.3 is 0 Å². The predicted molar refractivity (Wildman–Crippen MR) is 51.5 cm³/mol. The Morgan fingerprint density at radius 2 is 2.42 bits per heavy atom. The van der Waals surface area contributed by atoms with Crippen LogP contribution in [0.25, 0.3) is 0 Å². The van der Waals surface area contributed by atoms with Gasteiger partial charge in [0.05, 0.1) is 0 Å². The van der Waals surface area contributed by atoms with E-state index in [-0.39, 0.29) is 0 Å². The molecule has 0 aliphatic rings. The lowest BCUT2D eigenvalue weighted by atomic mass is 10.4. The van der Waals surface area contributed by atoms with Crippen molar-refractivity contribution in [3.05, 3.63) is 41.9 Å². The summed E-state index contributed by atoms with van der Waals surface area (Å²) < 4.78 is 1.07. The molecule has 2 rings (SSSR count). The lowest BCUT2D eigenvalue weighted by molar-refractivity contribution is 1.24. The molecule has 59 valence electrons. The van der Waals surface area contributed by atoms with Crippen molar-refractivity contribution in [2.24, 2.45) is 0 Å². The summed E-state index contributed by atoms with van der Waals surface area (Å²) in [5, 5.41) is 1.98. The van der Waals surface area contributed by atoms with Gasteiger partial charge in [-0.3, -0.25) is 0 Å². The zero-order valence-corrected chi connectivity index (χ0v) is 7.86. The first-order valence-corrected chi connectivity index (χ1v) is 5.19. The van der Waals surface area contributed by atoms with Crippen molar-refractivity contribution >= 4 is 23.1 Å². The van der Waals surface area contributed by atoms with Crippen LogP contribution >= 0.6 is 23.1 Å². The quantitative estimate of drug-likeness (QED) is 0.725. The molecule has 0 bridgehead atoms. The van der Waals surface area contributed by atoms with Gasteiger partial charge in [0.2, 0.25) is 0 Å². The molecule has 1 heterocycles. The molecule has 0 saturated heterocycles. The molecule has 1 nitrogen and oxygen atoms in total. The Hall–Kier alpha value is -0.800. The SMILES string of the molecule is [c]1ccccc1Sc1nccs1. The second kappa shape index (κ2) is 3.74. The molecule has 3 heteroatoms. The van der Waals surface area contributed by atoms with E-state index in [0.717, 1.165) is 9.24 Å². The Labute approximate surface area is 79.5 Å². The number of nitrogens with zero attached hydrogens (tertiary/aromatic N) is 1. The topological polar surface area (TPSA) is 12.9 Å². The molecule has 0 atom stereocenters. The Morgan fingerprint density at radius 1 is 1.42 bits per heavy atom. The number of benzene rings is 1. The number of hydrogen-bond acceptors (Lipinski definition) is 3. The Kier molecular flexibility index (Phi) is 2.44. The zero-order valence-electron chi connectivity index (χ0n) is 6.23. The van der Waals surface area contributed by atoms with Crippen LogP contribution in [0.4, 0.5) is 0 Å². The van der Waals surface area contributed by atoms with Crippen molar-refractivity contribution in [1.82, 2.24) is 4.98 Å². The van der Waals surface area contributed by atoms with Gasteiger partial charge in [-0.15, -0.1) is 11.3 Å². The molecule has 0 N–H and O–H groups in total. The predicted octanol–water partition coefficient (Wildman–Crippen LogP) is 3.09. The molecule has 1 aromatic carbocycles. The van der Waals surface area contributed by atoms with E-state index in [2.05, 4.69) is 11.1 Å². The Balaban J connectivity index is 2.15. The van der Waals surface area contributed by atoms with Crippen LogP contribution in [-0.2, 0) is 0 Å². The third-order valence-electron chi connectivity index (χ3n) is 1.29. The molecular formula is C9H6NS2. The van der Waals surface area contributed by atoms with Crippen molar-refractivity contribution < 1.29 is 0 Å². The van der Waals surface area contributed by atoms with Crippen LogP contribution in [-0.4, -0.2) is 4.98 Å². The third-order valence-corrected chi connectivity index (χ3v) is 3.14. The number of aromatic nitrogens is 1. The monoisotopic (exact) mass is 192 g/mol. The molecular weight excluding hydrogens is 186 g/mol. The number of hydrogen-bond donors (Lipinski definition) is 0. The maximum atomic E-state index is 4.17. The smallest absolute Gasteiger partial charge is 0.154 e. The van der Waals surface area contributed by atoms with Gasteiger partial charge in [0, 0.05) is 16.5 Å². The highest BCUT2D eigenvalue weighted by molar-refractivity contribution is 8.01. The normalized spacial score (nSPS) is 10.0. The van der Waals surface area contributed by atoms with Crippen molar-refractivity contribution in [3.8, 4) is 0 Å². The van der Waals surface area contributed by atoms with E-state index in [0.29, 0.717) is 0 Å². The minimum Gasteiger partial charge on any atom is -0.238 e. The van der Waals surface area contributed by atoms with Crippen LogP contribution in [0.1, 0.15) is 0 Å². The molecule has 2 aromatic rings. The minimum absolute atomic E-state index is 1.07. The fraction of sp³-hybridized carbons (Fsp3) is 0. The van der Waals surface area contributed by atoms with E-state index >= 15 is 0 Å². The van der Waals surface area contributed by atoms with Gasteiger partial charge in [-0.25, -0.2) is 4.98 Å². The van der Waals surface area contributed by atoms with Gasteiger partial charge in [0.1, 0.15) is 0 Å². The van der Waals surface area contributed by atoms with E-state index in [1.807, 2.05) is 35.8 Å². The van der Waals surface area contributed by atoms with E-state index in [1.165, 1.54) is 0 Å². The Morgan fingerprint density at radius 3 is 3.08 bits per heavy atom. The molecule has 0 spiro atoms. The van der Waals surface area contributed by atoms with Crippen molar-refractivity contribution in [3.63, 3.8) is 0 Å². The standard InChI is InChI=1S/C9H6NS2/c1-2-4-8(5-3-1)12-9-10-6-7-11-9/h1-4,6-7H. The van der Waals surface area contributed by atoms with Crippen molar-refractivity contribution in [2.75, 3.05) is 0 Å². The van der Waals surface area contributed by atoms with Gasteiger partial charge in [0.25, 0.3) is 0 Å². The summed E-state index contributed by atoms with van der Waals surface area (Å²) in [5.41, 5.74) is 0. The maximum Gasteiger partial charge on any atom is 0.154 e. The summed E-state index contributed by atoms with van der Waals surface area (Å²) in [5.74, 6) is 0. The largest absolute Gasteiger partial charge is 0.238 e. The molecule has 0 fully saturated rings. The van der Waals surface area contributed by atoms with Crippen molar-refractivity contribution in [2.45, 2.75) is 9.24 Å². The van der Waals surface area contributed by atoms with E-state index < -0.39 is 0 Å². The van der Waals surface area contributed by atoms with Gasteiger partial charge in [0.15, 0.2) is 4.34 Å². The summed E-state index contributed by atoms with van der Waals surface area (Å²) in [4.78, 5) is 5.29. The summed E-state index contributed by atoms with van der Waals surface area (Å²) in [6.07, 6.45) is 1.82. The molecule has 0 aliphatic carbocycles. The first kappa shape index (κ1) is 7.83. The lowest BCUT2D eigenvalue weighted by Gasteiger charge is -1.93. The zero-order chi connectivity index (χ0) is 8.23. The minimum atomic E-state index is 1.07. The molecule has 0 saturated carbocycles. The average Bonchev–Trinajstić information content (AvgIpc) is 2.59. The van der Waals surface area contributed by atoms with Crippen LogP contribution in [0, 0.1) is 6.07 Å². The van der Waals surface area contributed by atoms with Crippen molar-refractivity contribution in [1.29, 1.82) is 0 Å². The molecule has 1 radical (unpaired) electrons.